The number of carbonyl (C=O) groups excluding carboxylic acids is 1. The first-order valence-corrected chi connectivity index (χ1v) is 9.34. The summed E-state index contributed by atoms with van der Waals surface area (Å²) in [6.45, 7) is 2.09. The number of benzene rings is 2. The molecule has 4 rings (SSSR count). The SMILES string of the molecule is Cc1ccc(-c2oc3ccccc3c(=O)c2C(=O)OCc2cccs2)cc1. The molecular weight excluding hydrogens is 360 g/mol. The van der Waals surface area contributed by atoms with Crippen molar-refractivity contribution >= 4 is 28.3 Å². The highest BCUT2D eigenvalue weighted by Gasteiger charge is 2.23. The molecule has 134 valence electrons. The normalized spacial score (nSPS) is 10.9. The van der Waals surface area contributed by atoms with E-state index < -0.39 is 5.97 Å². The number of ether oxygens (including phenoxy) is 1. The molecular formula is C22H16O4S. The molecule has 0 bridgehead atoms. The maximum Gasteiger partial charge on any atom is 0.346 e. The minimum absolute atomic E-state index is 0.0749. The van der Waals surface area contributed by atoms with E-state index in [1.807, 2.05) is 48.7 Å². The molecule has 0 aliphatic heterocycles. The van der Waals surface area contributed by atoms with Crippen molar-refractivity contribution in [3.63, 3.8) is 0 Å². The summed E-state index contributed by atoms with van der Waals surface area (Å²) >= 11 is 1.49. The summed E-state index contributed by atoms with van der Waals surface area (Å²) in [6, 6.07) is 18.1. The van der Waals surface area contributed by atoms with Gasteiger partial charge in [0.15, 0.2) is 11.3 Å². The Bertz CT molecular complexity index is 1160. The van der Waals surface area contributed by atoms with Crippen molar-refractivity contribution in [3.05, 3.63) is 92.3 Å². The maximum atomic E-state index is 13.0. The molecule has 0 atom stereocenters. The molecule has 0 aliphatic carbocycles. The van der Waals surface area contributed by atoms with Gasteiger partial charge in [-0.25, -0.2) is 4.79 Å². The van der Waals surface area contributed by atoms with Gasteiger partial charge in [0.25, 0.3) is 0 Å². The number of hydrogen-bond acceptors (Lipinski definition) is 5. The first-order valence-electron chi connectivity index (χ1n) is 8.46. The Labute approximate surface area is 159 Å². The van der Waals surface area contributed by atoms with Crippen LogP contribution < -0.4 is 5.43 Å². The first kappa shape index (κ1) is 17.2. The molecule has 2 heterocycles. The molecule has 0 amide bonds. The van der Waals surface area contributed by atoms with Crippen LogP contribution in [-0.4, -0.2) is 5.97 Å². The predicted molar refractivity (Wildman–Crippen MR) is 106 cm³/mol. The van der Waals surface area contributed by atoms with Crippen LogP contribution >= 0.6 is 11.3 Å². The van der Waals surface area contributed by atoms with Gasteiger partial charge in [-0.3, -0.25) is 4.79 Å². The molecule has 4 nitrogen and oxygen atoms in total. The Morgan fingerprint density at radius 1 is 1.04 bits per heavy atom. The summed E-state index contributed by atoms with van der Waals surface area (Å²) in [7, 11) is 0. The quantitative estimate of drug-likeness (QED) is 0.460. The molecule has 0 N–H and O–H groups in total. The van der Waals surface area contributed by atoms with Crippen LogP contribution in [0.15, 0.2) is 75.3 Å². The van der Waals surface area contributed by atoms with Crippen molar-refractivity contribution in [1.82, 2.24) is 0 Å². The van der Waals surface area contributed by atoms with Gasteiger partial charge in [0.05, 0.1) is 5.39 Å². The lowest BCUT2D eigenvalue weighted by atomic mass is 10.0. The van der Waals surface area contributed by atoms with Gasteiger partial charge in [-0.2, -0.15) is 0 Å². The summed E-state index contributed by atoms with van der Waals surface area (Å²) < 4.78 is 11.4. The molecule has 0 saturated carbocycles. The molecule has 5 heteroatoms. The Morgan fingerprint density at radius 2 is 1.81 bits per heavy atom. The average Bonchev–Trinajstić information content (AvgIpc) is 3.20. The Kier molecular flexibility index (Phi) is 4.60. The predicted octanol–water partition coefficient (Wildman–Crippen LogP) is 5.19. The summed E-state index contributed by atoms with van der Waals surface area (Å²) in [4.78, 5) is 26.7. The number of carbonyl (C=O) groups is 1. The van der Waals surface area contributed by atoms with Gasteiger partial charge in [-0.1, -0.05) is 48.0 Å². The molecule has 27 heavy (non-hydrogen) atoms. The van der Waals surface area contributed by atoms with Gasteiger partial charge in [0.2, 0.25) is 5.43 Å². The zero-order valence-corrected chi connectivity index (χ0v) is 15.4. The summed E-state index contributed by atoms with van der Waals surface area (Å²) in [5.74, 6) is -0.451. The Balaban J connectivity index is 1.84. The molecule has 2 aromatic carbocycles. The van der Waals surface area contributed by atoms with E-state index in [4.69, 9.17) is 9.15 Å². The summed E-state index contributed by atoms with van der Waals surface area (Å²) in [6.07, 6.45) is 0. The van der Waals surface area contributed by atoms with Crippen LogP contribution in [0, 0.1) is 6.92 Å². The second kappa shape index (κ2) is 7.21. The lowest BCUT2D eigenvalue weighted by Crippen LogP contribution is -2.19. The van der Waals surface area contributed by atoms with E-state index in [0.29, 0.717) is 16.5 Å². The fraction of sp³-hybridized carbons (Fsp3) is 0.0909. The molecule has 0 radical (unpaired) electrons. The van der Waals surface area contributed by atoms with Crippen LogP contribution in [0.5, 0.6) is 0 Å². The maximum absolute atomic E-state index is 13.0. The van der Waals surface area contributed by atoms with Crippen LogP contribution in [0.1, 0.15) is 20.8 Å². The largest absolute Gasteiger partial charge is 0.456 e. The topological polar surface area (TPSA) is 56.5 Å². The van der Waals surface area contributed by atoms with E-state index in [0.717, 1.165) is 10.4 Å². The standard InChI is InChI=1S/C22H16O4S/c1-14-8-10-15(11-9-14)21-19(22(24)25-13-16-5-4-12-27-16)20(23)17-6-2-3-7-18(17)26-21/h2-12H,13H2,1H3. The Hall–Kier alpha value is -3.18. The monoisotopic (exact) mass is 376 g/mol. The number of fused-ring (bicyclic) bond motifs is 1. The minimum Gasteiger partial charge on any atom is -0.456 e. The third-order valence-electron chi connectivity index (χ3n) is 4.24. The van der Waals surface area contributed by atoms with Crippen molar-refractivity contribution in [2.45, 2.75) is 13.5 Å². The molecule has 0 unspecified atom stereocenters. The zero-order valence-electron chi connectivity index (χ0n) is 14.6. The van der Waals surface area contributed by atoms with Crippen LogP contribution in [0.2, 0.25) is 0 Å². The lowest BCUT2D eigenvalue weighted by molar-refractivity contribution is 0.0474. The molecule has 0 fully saturated rings. The van der Waals surface area contributed by atoms with Gasteiger partial charge in [0, 0.05) is 10.4 Å². The van der Waals surface area contributed by atoms with E-state index in [1.54, 1.807) is 24.3 Å². The molecule has 0 saturated heterocycles. The number of rotatable bonds is 4. The minimum atomic E-state index is -0.682. The smallest absolute Gasteiger partial charge is 0.346 e. The molecule has 0 aliphatic rings. The highest BCUT2D eigenvalue weighted by Crippen LogP contribution is 2.27. The number of para-hydroxylation sites is 1. The van der Waals surface area contributed by atoms with Crippen LogP contribution in [0.3, 0.4) is 0 Å². The number of esters is 1. The van der Waals surface area contributed by atoms with E-state index in [1.165, 1.54) is 11.3 Å². The summed E-state index contributed by atoms with van der Waals surface area (Å²) in [5, 5.41) is 2.27. The second-order valence-electron chi connectivity index (χ2n) is 6.15. The molecule has 2 aromatic heterocycles. The number of aryl methyl sites for hydroxylation is 1. The van der Waals surface area contributed by atoms with E-state index in [-0.39, 0.29) is 23.4 Å². The third-order valence-corrected chi connectivity index (χ3v) is 5.09. The van der Waals surface area contributed by atoms with Crippen molar-refractivity contribution < 1.29 is 13.9 Å². The Morgan fingerprint density at radius 3 is 2.56 bits per heavy atom. The van der Waals surface area contributed by atoms with Crippen LogP contribution in [-0.2, 0) is 11.3 Å². The van der Waals surface area contributed by atoms with E-state index in [9.17, 15) is 9.59 Å². The van der Waals surface area contributed by atoms with Crippen LogP contribution in [0.25, 0.3) is 22.3 Å². The lowest BCUT2D eigenvalue weighted by Gasteiger charge is -2.10. The van der Waals surface area contributed by atoms with Gasteiger partial charge < -0.3 is 9.15 Å². The molecule has 0 spiro atoms. The van der Waals surface area contributed by atoms with E-state index in [2.05, 4.69) is 0 Å². The van der Waals surface area contributed by atoms with Crippen molar-refractivity contribution in [1.29, 1.82) is 0 Å². The number of thiophene rings is 1. The van der Waals surface area contributed by atoms with E-state index >= 15 is 0 Å². The number of hydrogen-bond donors (Lipinski definition) is 0. The second-order valence-corrected chi connectivity index (χ2v) is 7.19. The van der Waals surface area contributed by atoms with Gasteiger partial charge in [-0.15, -0.1) is 11.3 Å². The van der Waals surface area contributed by atoms with Crippen LogP contribution in [0.4, 0.5) is 0 Å². The van der Waals surface area contributed by atoms with Crippen molar-refractivity contribution in [2.24, 2.45) is 0 Å². The van der Waals surface area contributed by atoms with Crippen molar-refractivity contribution in [3.8, 4) is 11.3 Å². The third kappa shape index (κ3) is 3.41. The fourth-order valence-electron chi connectivity index (χ4n) is 2.84. The van der Waals surface area contributed by atoms with Gasteiger partial charge in [-0.05, 0) is 30.5 Å². The van der Waals surface area contributed by atoms with Gasteiger partial charge >= 0.3 is 5.97 Å². The van der Waals surface area contributed by atoms with Crippen molar-refractivity contribution in [2.75, 3.05) is 0 Å². The highest BCUT2D eigenvalue weighted by molar-refractivity contribution is 7.09. The highest BCUT2D eigenvalue weighted by atomic mass is 32.1. The zero-order chi connectivity index (χ0) is 18.8. The summed E-state index contributed by atoms with van der Waals surface area (Å²) in [5.41, 5.74) is 1.71. The fourth-order valence-corrected chi connectivity index (χ4v) is 3.46. The van der Waals surface area contributed by atoms with Gasteiger partial charge in [0.1, 0.15) is 12.2 Å². The molecule has 4 aromatic rings. The first-order chi connectivity index (χ1) is 13.1. The average molecular weight is 376 g/mol.